The summed E-state index contributed by atoms with van der Waals surface area (Å²) in [5.74, 6) is 1.69. The molecular formula is C27H33N5OS. The molecule has 2 heterocycles. The van der Waals surface area contributed by atoms with Crippen molar-refractivity contribution in [2.24, 2.45) is 0 Å². The Kier molecular flexibility index (Phi) is 7.85. The highest BCUT2D eigenvalue weighted by Crippen LogP contribution is 2.27. The quantitative estimate of drug-likeness (QED) is 0.397. The highest BCUT2D eigenvalue weighted by atomic mass is 32.2. The van der Waals surface area contributed by atoms with Gasteiger partial charge in [0.15, 0.2) is 5.16 Å². The Morgan fingerprint density at radius 2 is 1.76 bits per heavy atom. The predicted octanol–water partition coefficient (Wildman–Crippen LogP) is 4.63. The third-order valence-corrected chi connectivity index (χ3v) is 7.27. The predicted molar refractivity (Wildman–Crippen MR) is 140 cm³/mol. The molecule has 0 radical (unpaired) electrons. The Morgan fingerprint density at radius 1 is 1.03 bits per heavy atom. The lowest BCUT2D eigenvalue weighted by atomic mass is 10.1. The van der Waals surface area contributed by atoms with Crippen molar-refractivity contribution >= 4 is 23.5 Å². The molecule has 1 aromatic heterocycles. The van der Waals surface area contributed by atoms with Crippen molar-refractivity contribution in [3.8, 4) is 0 Å². The zero-order valence-corrected chi connectivity index (χ0v) is 21.2. The van der Waals surface area contributed by atoms with Gasteiger partial charge in [0.25, 0.3) is 5.91 Å². The lowest BCUT2D eigenvalue weighted by Crippen LogP contribution is -2.45. The number of benzene rings is 2. The summed E-state index contributed by atoms with van der Waals surface area (Å²) in [5, 5.41) is 3.88. The van der Waals surface area contributed by atoms with E-state index in [2.05, 4.69) is 36.0 Å². The number of carbonyl (C=O) groups is 1. The fraction of sp³-hybridized carbons (Fsp3) is 0.370. The second kappa shape index (κ2) is 11.0. The van der Waals surface area contributed by atoms with Crippen LogP contribution < -0.4 is 10.2 Å². The Morgan fingerprint density at radius 3 is 2.50 bits per heavy atom. The molecule has 1 saturated heterocycles. The van der Waals surface area contributed by atoms with Crippen LogP contribution in [0.2, 0.25) is 0 Å². The normalized spacial score (nSPS) is 15.2. The van der Waals surface area contributed by atoms with Gasteiger partial charge in [0.05, 0.1) is 6.04 Å². The lowest BCUT2D eigenvalue weighted by Gasteiger charge is -2.34. The van der Waals surface area contributed by atoms with Gasteiger partial charge in [0.2, 0.25) is 0 Å². The van der Waals surface area contributed by atoms with E-state index in [-0.39, 0.29) is 11.9 Å². The summed E-state index contributed by atoms with van der Waals surface area (Å²) in [7, 11) is 2.16. The average Bonchev–Trinajstić information content (AvgIpc) is 2.86. The maximum absolute atomic E-state index is 12.8. The number of rotatable bonds is 7. The van der Waals surface area contributed by atoms with Crippen LogP contribution in [0.1, 0.15) is 45.7 Å². The number of carbonyl (C=O) groups excluding carboxylic acids is 1. The number of aryl methyl sites for hydroxylation is 1. The second-order valence-electron chi connectivity index (χ2n) is 8.93. The van der Waals surface area contributed by atoms with Crippen molar-refractivity contribution in [1.82, 2.24) is 20.2 Å². The van der Waals surface area contributed by atoms with Crippen molar-refractivity contribution in [3.63, 3.8) is 0 Å². The molecule has 1 amide bonds. The third-order valence-electron chi connectivity index (χ3n) is 6.35. The number of likely N-dealkylation sites (N-methyl/N-ethyl adjacent to an activating group) is 1. The number of anilines is 1. The molecule has 3 aromatic rings. The Balaban J connectivity index is 1.42. The van der Waals surface area contributed by atoms with E-state index in [0.717, 1.165) is 59.5 Å². The van der Waals surface area contributed by atoms with Gasteiger partial charge in [-0.3, -0.25) is 4.79 Å². The zero-order valence-electron chi connectivity index (χ0n) is 20.4. The van der Waals surface area contributed by atoms with Gasteiger partial charge in [0.1, 0.15) is 5.82 Å². The van der Waals surface area contributed by atoms with E-state index in [0.29, 0.717) is 11.3 Å². The standard InChI is InChI=1S/C27H33N5OS/c1-19-20(2)29-27(30-25(19)32-15-13-31(4)14-16-32)34-18-22-9-8-12-24(17-22)26(33)28-21(3)23-10-6-5-7-11-23/h5-12,17,21H,13-16,18H2,1-4H3,(H,28,33). The van der Waals surface area contributed by atoms with Crippen LogP contribution >= 0.6 is 11.8 Å². The molecule has 0 aliphatic carbocycles. The van der Waals surface area contributed by atoms with E-state index in [4.69, 9.17) is 9.97 Å². The number of hydrogen-bond acceptors (Lipinski definition) is 6. The number of nitrogens with zero attached hydrogens (tertiary/aromatic N) is 4. The van der Waals surface area contributed by atoms with Gasteiger partial charge in [-0.15, -0.1) is 0 Å². The van der Waals surface area contributed by atoms with Gasteiger partial charge in [0, 0.05) is 48.8 Å². The molecule has 4 rings (SSSR count). The smallest absolute Gasteiger partial charge is 0.251 e. The van der Waals surface area contributed by atoms with Crippen molar-refractivity contribution in [3.05, 3.63) is 82.5 Å². The molecule has 1 aliphatic heterocycles. The number of piperazine rings is 1. The van der Waals surface area contributed by atoms with E-state index < -0.39 is 0 Å². The summed E-state index contributed by atoms with van der Waals surface area (Å²) in [5.41, 5.74) is 5.01. The molecule has 0 bridgehead atoms. The van der Waals surface area contributed by atoms with E-state index in [1.807, 2.05) is 61.5 Å². The molecule has 2 aromatic carbocycles. The Labute approximate surface area is 206 Å². The van der Waals surface area contributed by atoms with Crippen LogP contribution in [0.15, 0.2) is 59.8 Å². The van der Waals surface area contributed by atoms with Gasteiger partial charge < -0.3 is 15.1 Å². The summed E-state index contributed by atoms with van der Waals surface area (Å²) >= 11 is 1.62. The molecule has 6 nitrogen and oxygen atoms in total. The molecule has 1 aliphatic rings. The highest BCUT2D eigenvalue weighted by Gasteiger charge is 2.19. The van der Waals surface area contributed by atoms with Crippen LogP contribution in [0.4, 0.5) is 5.82 Å². The Hall–Kier alpha value is -2.90. The Bertz CT molecular complexity index is 1130. The first-order chi connectivity index (χ1) is 16.4. The molecule has 0 saturated carbocycles. The minimum absolute atomic E-state index is 0.0522. The van der Waals surface area contributed by atoms with E-state index >= 15 is 0 Å². The minimum Gasteiger partial charge on any atom is -0.354 e. The molecule has 1 unspecified atom stereocenters. The maximum Gasteiger partial charge on any atom is 0.251 e. The first kappa shape index (κ1) is 24.2. The molecular weight excluding hydrogens is 442 g/mol. The van der Waals surface area contributed by atoms with Gasteiger partial charge in [-0.25, -0.2) is 9.97 Å². The lowest BCUT2D eigenvalue weighted by molar-refractivity contribution is 0.0940. The first-order valence-electron chi connectivity index (χ1n) is 11.8. The number of thioether (sulfide) groups is 1. The van der Waals surface area contributed by atoms with Crippen molar-refractivity contribution < 1.29 is 4.79 Å². The number of amides is 1. The molecule has 7 heteroatoms. The van der Waals surface area contributed by atoms with Crippen molar-refractivity contribution in [2.45, 2.75) is 37.7 Å². The molecule has 1 atom stereocenters. The monoisotopic (exact) mass is 475 g/mol. The molecule has 0 spiro atoms. The topological polar surface area (TPSA) is 61.4 Å². The van der Waals surface area contributed by atoms with Crippen molar-refractivity contribution in [1.29, 1.82) is 0 Å². The molecule has 178 valence electrons. The van der Waals surface area contributed by atoms with Crippen LogP contribution in [-0.2, 0) is 5.75 Å². The third kappa shape index (κ3) is 5.96. The van der Waals surface area contributed by atoms with Gasteiger partial charge >= 0.3 is 0 Å². The maximum atomic E-state index is 12.8. The van der Waals surface area contributed by atoms with Gasteiger partial charge in [-0.05, 0) is 51.1 Å². The largest absolute Gasteiger partial charge is 0.354 e. The molecule has 1 N–H and O–H groups in total. The molecule has 1 fully saturated rings. The van der Waals surface area contributed by atoms with Crippen LogP contribution in [0.3, 0.4) is 0 Å². The highest BCUT2D eigenvalue weighted by molar-refractivity contribution is 7.98. The number of hydrogen-bond donors (Lipinski definition) is 1. The second-order valence-corrected chi connectivity index (χ2v) is 9.87. The van der Waals surface area contributed by atoms with E-state index in [1.54, 1.807) is 11.8 Å². The SMILES string of the molecule is Cc1nc(SCc2cccc(C(=O)NC(C)c3ccccc3)c2)nc(N2CCN(C)CC2)c1C. The van der Waals surface area contributed by atoms with Crippen LogP contribution in [-0.4, -0.2) is 54.0 Å². The fourth-order valence-electron chi connectivity index (χ4n) is 4.03. The number of nitrogens with one attached hydrogen (secondary N) is 1. The van der Waals surface area contributed by atoms with E-state index in [9.17, 15) is 4.79 Å². The fourth-order valence-corrected chi connectivity index (χ4v) is 4.86. The van der Waals surface area contributed by atoms with Gasteiger partial charge in [-0.1, -0.05) is 54.2 Å². The summed E-state index contributed by atoms with van der Waals surface area (Å²) in [6, 6.07) is 17.8. The van der Waals surface area contributed by atoms with Gasteiger partial charge in [-0.2, -0.15) is 0 Å². The molecule has 34 heavy (non-hydrogen) atoms. The summed E-state index contributed by atoms with van der Waals surface area (Å²) in [4.78, 5) is 27.2. The van der Waals surface area contributed by atoms with Crippen LogP contribution in [0, 0.1) is 13.8 Å². The average molecular weight is 476 g/mol. The zero-order chi connectivity index (χ0) is 24.1. The van der Waals surface area contributed by atoms with Crippen LogP contribution in [0.25, 0.3) is 0 Å². The summed E-state index contributed by atoms with van der Waals surface area (Å²) < 4.78 is 0. The van der Waals surface area contributed by atoms with Crippen molar-refractivity contribution in [2.75, 3.05) is 38.1 Å². The summed E-state index contributed by atoms with van der Waals surface area (Å²) in [6.07, 6.45) is 0. The van der Waals surface area contributed by atoms with Crippen LogP contribution in [0.5, 0.6) is 0 Å². The van der Waals surface area contributed by atoms with E-state index in [1.165, 1.54) is 0 Å². The minimum atomic E-state index is -0.0667. The first-order valence-corrected chi connectivity index (χ1v) is 12.8. The summed E-state index contributed by atoms with van der Waals surface area (Å²) in [6.45, 7) is 10.2. The number of aromatic nitrogens is 2.